The van der Waals surface area contributed by atoms with Gasteiger partial charge >= 0.3 is 0 Å². The maximum Gasteiger partial charge on any atom is 0.194 e. The van der Waals surface area contributed by atoms with Crippen molar-refractivity contribution in [2.45, 2.75) is 37.7 Å². The first-order valence-corrected chi connectivity index (χ1v) is 11.4. The zero-order valence-corrected chi connectivity index (χ0v) is 19.8. The van der Waals surface area contributed by atoms with Gasteiger partial charge in [-0.2, -0.15) is 5.10 Å². The lowest BCUT2D eigenvalue weighted by atomic mass is 9.95. The maximum atomic E-state index is 14.6. The van der Waals surface area contributed by atoms with Crippen molar-refractivity contribution >= 4 is 11.6 Å². The van der Waals surface area contributed by atoms with Gasteiger partial charge in [-0.3, -0.25) is 0 Å². The Morgan fingerprint density at radius 1 is 1.11 bits per heavy atom. The van der Waals surface area contributed by atoms with Gasteiger partial charge in [-0.05, 0) is 37.3 Å². The Labute approximate surface area is 211 Å². The van der Waals surface area contributed by atoms with Crippen LogP contribution in [0.5, 0.6) is 0 Å². The fraction of sp³-hybridized carbons (Fsp3) is 0.304. The number of halogens is 5. The molecule has 0 bridgehead atoms. The van der Waals surface area contributed by atoms with Crippen LogP contribution in [-0.4, -0.2) is 58.8 Å². The average Bonchev–Trinajstić information content (AvgIpc) is 3.51. The van der Waals surface area contributed by atoms with Gasteiger partial charge in [0.25, 0.3) is 0 Å². The molecule has 1 fully saturated rings. The summed E-state index contributed by atoms with van der Waals surface area (Å²) in [6.07, 6.45) is -1.89. The van der Waals surface area contributed by atoms with Crippen molar-refractivity contribution in [3.05, 3.63) is 76.5 Å². The SMILES string of the molecule is Cc1nc(C2CC(n3cc(-c4cc(F)c(F)c(F)c4)nn3)C(O)C(CO)O2)n(-c2cc(Cl)ccc2F)n1. The molecule has 14 heteroatoms. The minimum Gasteiger partial charge on any atom is -0.394 e. The van der Waals surface area contributed by atoms with Gasteiger partial charge < -0.3 is 14.9 Å². The second-order valence-corrected chi connectivity index (χ2v) is 8.94. The van der Waals surface area contributed by atoms with E-state index < -0.39 is 54.2 Å². The van der Waals surface area contributed by atoms with Crippen molar-refractivity contribution in [2.75, 3.05) is 6.61 Å². The lowest BCUT2D eigenvalue weighted by Crippen LogP contribution is -2.45. The van der Waals surface area contributed by atoms with Crippen LogP contribution >= 0.6 is 11.6 Å². The van der Waals surface area contributed by atoms with E-state index in [-0.39, 0.29) is 34.2 Å². The second kappa shape index (κ2) is 9.82. The third-order valence-corrected chi connectivity index (χ3v) is 6.28. The predicted octanol–water partition coefficient (Wildman–Crippen LogP) is 3.47. The molecule has 0 radical (unpaired) electrons. The molecule has 0 amide bonds. The third kappa shape index (κ3) is 4.70. The number of aliphatic hydroxyl groups excluding tert-OH is 2. The van der Waals surface area contributed by atoms with Gasteiger partial charge in [0.1, 0.15) is 41.3 Å². The largest absolute Gasteiger partial charge is 0.394 e. The number of aryl methyl sites for hydroxylation is 1. The average molecular weight is 539 g/mol. The molecule has 1 saturated heterocycles. The molecule has 1 aliphatic rings. The van der Waals surface area contributed by atoms with E-state index in [2.05, 4.69) is 20.4 Å². The fourth-order valence-corrected chi connectivity index (χ4v) is 4.44. The minimum absolute atomic E-state index is 0.0219. The molecule has 2 N–H and O–H groups in total. The van der Waals surface area contributed by atoms with E-state index >= 15 is 0 Å². The molecule has 4 unspecified atom stereocenters. The quantitative estimate of drug-likeness (QED) is 0.296. The van der Waals surface area contributed by atoms with Gasteiger partial charge in [0.05, 0.1) is 18.8 Å². The Balaban J connectivity index is 1.51. The number of benzene rings is 2. The summed E-state index contributed by atoms with van der Waals surface area (Å²) in [7, 11) is 0. The van der Waals surface area contributed by atoms with E-state index in [0.717, 1.165) is 12.1 Å². The normalized spacial score (nSPS) is 21.9. The van der Waals surface area contributed by atoms with Crippen LogP contribution in [0.15, 0.2) is 36.5 Å². The molecule has 5 rings (SSSR count). The second-order valence-electron chi connectivity index (χ2n) is 8.50. The van der Waals surface area contributed by atoms with E-state index in [1.54, 1.807) is 6.92 Å². The number of ether oxygens (including phenoxy) is 1. The zero-order valence-electron chi connectivity index (χ0n) is 19.1. The van der Waals surface area contributed by atoms with Crippen LogP contribution in [0.3, 0.4) is 0 Å². The zero-order chi connectivity index (χ0) is 26.4. The summed E-state index contributed by atoms with van der Waals surface area (Å²) in [4.78, 5) is 4.37. The number of hydrogen-bond acceptors (Lipinski definition) is 7. The summed E-state index contributed by atoms with van der Waals surface area (Å²) < 4.78 is 63.8. The summed E-state index contributed by atoms with van der Waals surface area (Å²) in [5.41, 5.74) is -0.0156. The van der Waals surface area contributed by atoms with Gasteiger partial charge in [0, 0.05) is 17.0 Å². The summed E-state index contributed by atoms with van der Waals surface area (Å²) in [6, 6.07) is 4.64. The van der Waals surface area contributed by atoms with Crippen molar-refractivity contribution in [3.8, 4) is 16.9 Å². The van der Waals surface area contributed by atoms with Crippen LogP contribution in [-0.2, 0) is 4.74 Å². The molecule has 0 spiro atoms. The van der Waals surface area contributed by atoms with Gasteiger partial charge in [0.15, 0.2) is 23.3 Å². The molecule has 9 nitrogen and oxygen atoms in total. The number of nitrogens with zero attached hydrogens (tertiary/aromatic N) is 6. The smallest absolute Gasteiger partial charge is 0.194 e. The highest BCUT2D eigenvalue weighted by Crippen LogP contribution is 2.38. The van der Waals surface area contributed by atoms with Crippen molar-refractivity contribution in [2.24, 2.45) is 0 Å². The molecule has 2 aromatic carbocycles. The Morgan fingerprint density at radius 2 is 1.84 bits per heavy atom. The molecule has 2 aromatic heterocycles. The molecular weight excluding hydrogens is 520 g/mol. The van der Waals surface area contributed by atoms with Crippen LogP contribution < -0.4 is 0 Å². The van der Waals surface area contributed by atoms with E-state index in [1.807, 2.05) is 0 Å². The minimum atomic E-state index is -1.61. The van der Waals surface area contributed by atoms with Crippen LogP contribution in [0.25, 0.3) is 16.9 Å². The van der Waals surface area contributed by atoms with Crippen LogP contribution in [0.2, 0.25) is 5.02 Å². The van der Waals surface area contributed by atoms with Gasteiger partial charge in [-0.1, -0.05) is 16.8 Å². The van der Waals surface area contributed by atoms with Gasteiger partial charge in [-0.15, -0.1) is 5.10 Å². The Morgan fingerprint density at radius 3 is 2.54 bits per heavy atom. The van der Waals surface area contributed by atoms with E-state index in [1.165, 1.54) is 33.8 Å². The van der Waals surface area contributed by atoms with Crippen molar-refractivity contribution in [1.82, 2.24) is 29.8 Å². The fourth-order valence-electron chi connectivity index (χ4n) is 4.28. The topological polar surface area (TPSA) is 111 Å². The Bertz CT molecular complexity index is 1440. The number of hydrogen-bond donors (Lipinski definition) is 2. The molecule has 4 atom stereocenters. The maximum absolute atomic E-state index is 14.6. The highest BCUT2D eigenvalue weighted by molar-refractivity contribution is 6.30. The monoisotopic (exact) mass is 538 g/mol. The number of aliphatic hydroxyl groups is 2. The Hall–Kier alpha value is -3.39. The number of rotatable bonds is 5. The summed E-state index contributed by atoms with van der Waals surface area (Å²) in [6.45, 7) is 1.04. The predicted molar refractivity (Wildman–Crippen MR) is 121 cm³/mol. The molecule has 1 aliphatic heterocycles. The lowest BCUT2D eigenvalue weighted by Gasteiger charge is -2.38. The first-order valence-electron chi connectivity index (χ1n) is 11.1. The molecule has 37 heavy (non-hydrogen) atoms. The molecular formula is C23H19ClF4N6O3. The van der Waals surface area contributed by atoms with E-state index in [4.69, 9.17) is 16.3 Å². The van der Waals surface area contributed by atoms with Crippen molar-refractivity contribution in [3.63, 3.8) is 0 Å². The lowest BCUT2D eigenvalue weighted by molar-refractivity contribution is -0.161. The molecule has 3 heterocycles. The van der Waals surface area contributed by atoms with Gasteiger partial charge in [-0.25, -0.2) is 31.9 Å². The molecule has 0 saturated carbocycles. The van der Waals surface area contributed by atoms with Crippen LogP contribution in [0.4, 0.5) is 17.6 Å². The third-order valence-electron chi connectivity index (χ3n) is 6.04. The highest BCUT2D eigenvalue weighted by Gasteiger charge is 2.42. The van der Waals surface area contributed by atoms with Gasteiger partial charge in [0.2, 0.25) is 0 Å². The molecule has 194 valence electrons. The summed E-state index contributed by atoms with van der Waals surface area (Å²) in [5.74, 6) is -4.50. The highest BCUT2D eigenvalue weighted by atomic mass is 35.5. The van der Waals surface area contributed by atoms with Crippen LogP contribution in [0.1, 0.15) is 30.2 Å². The summed E-state index contributed by atoms with van der Waals surface area (Å²) in [5, 5.41) is 33.1. The first kappa shape index (κ1) is 25.3. The van der Waals surface area contributed by atoms with Crippen molar-refractivity contribution in [1.29, 1.82) is 0 Å². The van der Waals surface area contributed by atoms with E-state index in [0.29, 0.717) is 5.82 Å². The molecule has 4 aromatic rings. The summed E-state index contributed by atoms with van der Waals surface area (Å²) >= 11 is 6.05. The van der Waals surface area contributed by atoms with Crippen LogP contribution in [0, 0.1) is 30.2 Å². The Kier molecular flexibility index (Phi) is 6.70. The van der Waals surface area contributed by atoms with E-state index in [9.17, 15) is 27.8 Å². The first-order chi connectivity index (χ1) is 17.7. The standard InChI is InChI=1S/C23H19ClF4N6O3/c1-10-29-23(34(31-10)17-6-12(24)2-3-13(17)25)19-7-18(22(36)20(9-35)37-19)33-8-16(30-32-33)11-4-14(26)21(28)15(27)5-11/h2-6,8,18-20,22,35-36H,7,9H2,1H3. The number of aromatic nitrogens is 6. The van der Waals surface area contributed by atoms with Crippen molar-refractivity contribution < 1.29 is 32.5 Å². The molecule has 0 aliphatic carbocycles.